The highest BCUT2D eigenvalue weighted by molar-refractivity contribution is 5.36. The first-order valence-corrected chi connectivity index (χ1v) is 7.16. The summed E-state index contributed by atoms with van der Waals surface area (Å²) in [5.74, 6) is -0.258. The largest absolute Gasteiger partial charge is 0.373 e. The van der Waals surface area contributed by atoms with Crippen molar-refractivity contribution >= 4 is 5.69 Å². The van der Waals surface area contributed by atoms with E-state index < -0.39 is 16.4 Å². The number of halogens is 1. The second-order valence-electron chi connectivity index (χ2n) is 5.31. The summed E-state index contributed by atoms with van der Waals surface area (Å²) in [5, 5.41) is 10.7. The fourth-order valence-corrected chi connectivity index (χ4v) is 2.88. The fraction of sp³-hybridized carbons (Fsp3) is 0.600. The Morgan fingerprint density at radius 3 is 2.85 bits per heavy atom. The molecule has 0 aliphatic heterocycles. The van der Waals surface area contributed by atoms with Crippen LogP contribution in [0.3, 0.4) is 0 Å². The second-order valence-corrected chi connectivity index (χ2v) is 5.31. The van der Waals surface area contributed by atoms with Crippen LogP contribution in [0.15, 0.2) is 18.2 Å². The zero-order chi connectivity index (χ0) is 14.5. The molecule has 1 saturated carbocycles. The van der Waals surface area contributed by atoms with Gasteiger partial charge in [-0.15, -0.1) is 0 Å². The van der Waals surface area contributed by atoms with Gasteiger partial charge in [0.2, 0.25) is 5.82 Å². The van der Waals surface area contributed by atoms with E-state index >= 15 is 0 Å². The molecule has 0 bridgehead atoms. The van der Waals surface area contributed by atoms with E-state index in [1.54, 1.807) is 6.07 Å². The average molecular weight is 281 g/mol. The Hall–Kier alpha value is -1.49. The molecular weight excluding hydrogens is 261 g/mol. The van der Waals surface area contributed by atoms with E-state index in [2.05, 4.69) is 6.92 Å². The third kappa shape index (κ3) is 3.33. The Bertz CT molecular complexity index is 478. The first-order chi connectivity index (χ1) is 9.63. The van der Waals surface area contributed by atoms with Crippen LogP contribution in [0, 0.1) is 21.8 Å². The van der Waals surface area contributed by atoms with Crippen LogP contribution in [0.4, 0.5) is 10.1 Å². The summed E-state index contributed by atoms with van der Waals surface area (Å²) >= 11 is 0. The molecule has 0 spiro atoms. The molecule has 1 aromatic carbocycles. The number of rotatable bonds is 5. The normalized spacial score (nSPS) is 22.7. The fourth-order valence-electron chi connectivity index (χ4n) is 2.88. The van der Waals surface area contributed by atoms with Gasteiger partial charge in [-0.25, -0.2) is 0 Å². The molecule has 0 saturated heterocycles. The summed E-state index contributed by atoms with van der Waals surface area (Å²) in [7, 11) is 0. The van der Waals surface area contributed by atoms with E-state index in [0.717, 1.165) is 25.7 Å². The lowest BCUT2D eigenvalue weighted by atomic mass is 9.85. The maximum absolute atomic E-state index is 13.9. The standard InChI is InChI=1S/C15H20FNO3/c1-2-11-6-3-4-9-14(11)20-10-12-7-5-8-13(15(12)16)17(18)19/h5,7-8,11,14H,2-4,6,9-10H2,1H3. The van der Waals surface area contributed by atoms with Gasteiger partial charge in [-0.2, -0.15) is 4.39 Å². The molecule has 0 heterocycles. The van der Waals surface area contributed by atoms with Crippen LogP contribution in [0.5, 0.6) is 0 Å². The predicted molar refractivity (Wildman–Crippen MR) is 73.9 cm³/mol. The van der Waals surface area contributed by atoms with Crippen molar-refractivity contribution in [1.29, 1.82) is 0 Å². The third-order valence-corrected chi connectivity index (χ3v) is 4.07. The summed E-state index contributed by atoms with van der Waals surface area (Å²) in [6, 6.07) is 4.22. The van der Waals surface area contributed by atoms with E-state index in [1.807, 2.05) is 0 Å². The van der Waals surface area contributed by atoms with Gasteiger partial charge < -0.3 is 4.74 Å². The van der Waals surface area contributed by atoms with Gasteiger partial charge in [0, 0.05) is 11.6 Å². The van der Waals surface area contributed by atoms with Gasteiger partial charge in [-0.1, -0.05) is 38.3 Å². The van der Waals surface area contributed by atoms with Gasteiger partial charge in [0.15, 0.2) is 0 Å². The summed E-state index contributed by atoms with van der Waals surface area (Å²) in [6.45, 7) is 2.25. The first-order valence-electron chi connectivity index (χ1n) is 7.16. The van der Waals surface area contributed by atoms with Crippen LogP contribution in [-0.2, 0) is 11.3 Å². The lowest BCUT2D eigenvalue weighted by Crippen LogP contribution is -2.27. The van der Waals surface area contributed by atoms with Crippen molar-refractivity contribution in [2.45, 2.75) is 51.7 Å². The molecular formula is C15H20FNO3. The van der Waals surface area contributed by atoms with E-state index in [9.17, 15) is 14.5 Å². The maximum atomic E-state index is 13.9. The van der Waals surface area contributed by atoms with E-state index in [1.165, 1.54) is 18.6 Å². The van der Waals surface area contributed by atoms with Crippen molar-refractivity contribution in [3.8, 4) is 0 Å². The highest BCUT2D eigenvalue weighted by Crippen LogP contribution is 2.30. The number of benzene rings is 1. The average Bonchev–Trinajstić information content (AvgIpc) is 2.46. The number of ether oxygens (including phenoxy) is 1. The number of hydrogen-bond donors (Lipinski definition) is 0. The Kier molecular flexibility index (Phi) is 5.06. The Balaban J connectivity index is 2.03. The Labute approximate surface area is 118 Å². The lowest BCUT2D eigenvalue weighted by molar-refractivity contribution is -0.387. The molecule has 1 aliphatic carbocycles. The summed E-state index contributed by atoms with van der Waals surface area (Å²) < 4.78 is 19.8. The molecule has 1 aliphatic rings. The molecule has 0 radical (unpaired) electrons. The quantitative estimate of drug-likeness (QED) is 0.599. The minimum Gasteiger partial charge on any atom is -0.373 e. The summed E-state index contributed by atoms with van der Waals surface area (Å²) in [6.07, 6.45) is 5.71. The number of hydrogen-bond acceptors (Lipinski definition) is 3. The molecule has 0 N–H and O–H groups in total. The van der Waals surface area contributed by atoms with E-state index in [0.29, 0.717) is 5.92 Å². The van der Waals surface area contributed by atoms with Crippen molar-refractivity contribution < 1.29 is 14.1 Å². The SMILES string of the molecule is CCC1CCCCC1OCc1cccc([N+](=O)[O-])c1F. The lowest BCUT2D eigenvalue weighted by Gasteiger charge is -2.30. The van der Waals surface area contributed by atoms with Gasteiger partial charge >= 0.3 is 5.69 Å². The molecule has 5 heteroatoms. The third-order valence-electron chi connectivity index (χ3n) is 4.07. The van der Waals surface area contributed by atoms with Crippen molar-refractivity contribution in [3.05, 3.63) is 39.7 Å². The van der Waals surface area contributed by atoms with Gasteiger partial charge in [0.1, 0.15) is 0 Å². The molecule has 4 nitrogen and oxygen atoms in total. The highest BCUT2D eigenvalue weighted by atomic mass is 19.1. The van der Waals surface area contributed by atoms with Crippen LogP contribution < -0.4 is 0 Å². The molecule has 2 rings (SSSR count). The second kappa shape index (κ2) is 6.79. The van der Waals surface area contributed by atoms with Gasteiger partial charge in [-0.05, 0) is 18.8 Å². The zero-order valence-electron chi connectivity index (χ0n) is 11.7. The molecule has 1 aromatic rings. The molecule has 20 heavy (non-hydrogen) atoms. The van der Waals surface area contributed by atoms with Crippen LogP contribution in [0.1, 0.15) is 44.6 Å². The van der Waals surface area contributed by atoms with Crippen molar-refractivity contribution in [1.82, 2.24) is 0 Å². The molecule has 0 amide bonds. The van der Waals surface area contributed by atoms with Crippen LogP contribution >= 0.6 is 0 Å². The monoisotopic (exact) mass is 281 g/mol. The molecule has 2 unspecified atom stereocenters. The van der Waals surface area contributed by atoms with E-state index in [-0.39, 0.29) is 18.3 Å². The van der Waals surface area contributed by atoms with Crippen LogP contribution in [0.2, 0.25) is 0 Å². The first kappa shape index (κ1) is 14.9. The van der Waals surface area contributed by atoms with Gasteiger partial charge in [0.05, 0.1) is 17.6 Å². The van der Waals surface area contributed by atoms with Crippen molar-refractivity contribution in [3.63, 3.8) is 0 Å². The zero-order valence-corrected chi connectivity index (χ0v) is 11.7. The summed E-state index contributed by atoms with van der Waals surface area (Å²) in [5.41, 5.74) is -0.221. The minimum absolute atomic E-state index is 0.106. The van der Waals surface area contributed by atoms with Crippen LogP contribution in [-0.4, -0.2) is 11.0 Å². The van der Waals surface area contributed by atoms with Crippen LogP contribution in [0.25, 0.3) is 0 Å². The Morgan fingerprint density at radius 2 is 2.15 bits per heavy atom. The topological polar surface area (TPSA) is 52.4 Å². The molecule has 0 aromatic heterocycles. The number of nitro groups is 1. The minimum atomic E-state index is -0.777. The highest BCUT2D eigenvalue weighted by Gasteiger charge is 2.25. The van der Waals surface area contributed by atoms with Gasteiger partial charge in [0.25, 0.3) is 0 Å². The molecule has 110 valence electrons. The smallest absolute Gasteiger partial charge is 0.305 e. The van der Waals surface area contributed by atoms with Crippen molar-refractivity contribution in [2.75, 3.05) is 0 Å². The molecule has 2 atom stereocenters. The van der Waals surface area contributed by atoms with Crippen molar-refractivity contribution in [2.24, 2.45) is 5.92 Å². The van der Waals surface area contributed by atoms with Gasteiger partial charge in [-0.3, -0.25) is 10.1 Å². The maximum Gasteiger partial charge on any atom is 0.305 e. The number of nitro benzene ring substituents is 1. The van der Waals surface area contributed by atoms with E-state index in [4.69, 9.17) is 4.74 Å². The predicted octanol–water partition coefficient (Wildman–Crippen LogP) is 4.22. The molecule has 1 fully saturated rings. The summed E-state index contributed by atoms with van der Waals surface area (Å²) in [4.78, 5) is 10.0. The number of nitrogens with zero attached hydrogens (tertiary/aromatic N) is 1. The Morgan fingerprint density at radius 1 is 1.40 bits per heavy atom.